The van der Waals surface area contributed by atoms with Crippen LogP contribution in [0.4, 0.5) is 4.39 Å². The van der Waals surface area contributed by atoms with Gasteiger partial charge in [-0.05, 0) is 49.0 Å². The highest BCUT2D eigenvalue weighted by Crippen LogP contribution is 2.24. The van der Waals surface area contributed by atoms with Crippen molar-refractivity contribution in [3.05, 3.63) is 58.1 Å². The Balaban J connectivity index is 2.42. The first-order valence-electron chi connectivity index (χ1n) is 6.02. The Morgan fingerprint density at radius 3 is 2.85 bits per heavy atom. The normalized spacial score (nSPS) is 10.7. The minimum atomic E-state index is -0.437. The van der Waals surface area contributed by atoms with E-state index in [0.717, 1.165) is 16.6 Å². The van der Waals surface area contributed by atoms with E-state index >= 15 is 0 Å². The number of hydrogen-bond donors (Lipinski definition) is 1. The van der Waals surface area contributed by atoms with Gasteiger partial charge in [-0.1, -0.05) is 12.1 Å². The number of halogens is 1. The molecule has 0 aliphatic heterocycles. The lowest BCUT2D eigenvalue weighted by Gasteiger charge is -2.07. The molecule has 0 atom stereocenters. The van der Waals surface area contributed by atoms with Gasteiger partial charge in [0.1, 0.15) is 11.9 Å². The number of para-hydroxylation sites is 1. The fourth-order valence-corrected chi connectivity index (χ4v) is 2.60. The third-order valence-corrected chi connectivity index (χ3v) is 3.53. The average molecular weight is 283 g/mol. The number of benzene rings is 2. The minimum Gasteiger partial charge on any atom is -0.330 e. The van der Waals surface area contributed by atoms with Crippen molar-refractivity contribution in [2.45, 2.75) is 6.92 Å². The molecule has 0 aliphatic rings. The van der Waals surface area contributed by atoms with Gasteiger partial charge >= 0.3 is 0 Å². The van der Waals surface area contributed by atoms with E-state index in [1.54, 1.807) is 10.6 Å². The molecule has 1 aromatic heterocycles. The van der Waals surface area contributed by atoms with E-state index in [-0.39, 0.29) is 5.56 Å². The summed E-state index contributed by atoms with van der Waals surface area (Å²) in [6.07, 6.45) is 0. The number of imidazole rings is 1. The van der Waals surface area contributed by atoms with Gasteiger partial charge < -0.3 is 4.98 Å². The molecular formula is C15H10FN3S. The molecule has 0 unspecified atom stereocenters. The van der Waals surface area contributed by atoms with Gasteiger partial charge in [0.15, 0.2) is 4.77 Å². The molecule has 2 aromatic carbocycles. The molecule has 3 nitrogen and oxygen atoms in total. The van der Waals surface area contributed by atoms with Crippen molar-refractivity contribution in [2.75, 3.05) is 0 Å². The van der Waals surface area contributed by atoms with E-state index < -0.39 is 5.82 Å². The number of aromatic amines is 1. The van der Waals surface area contributed by atoms with E-state index in [0.29, 0.717) is 10.5 Å². The van der Waals surface area contributed by atoms with Crippen molar-refractivity contribution in [2.24, 2.45) is 0 Å². The second-order valence-electron chi connectivity index (χ2n) is 4.51. The van der Waals surface area contributed by atoms with Crippen molar-refractivity contribution in [1.29, 1.82) is 5.26 Å². The first-order chi connectivity index (χ1) is 9.61. The molecular weight excluding hydrogens is 273 g/mol. The Kier molecular flexibility index (Phi) is 2.88. The van der Waals surface area contributed by atoms with Crippen LogP contribution in [0.25, 0.3) is 16.7 Å². The van der Waals surface area contributed by atoms with Gasteiger partial charge in [0, 0.05) is 0 Å². The molecule has 0 spiro atoms. The van der Waals surface area contributed by atoms with E-state index in [1.807, 2.05) is 31.2 Å². The third-order valence-electron chi connectivity index (χ3n) is 3.25. The van der Waals surface area contributed by atoms with Gasteiger partial charge in [0.25, 0.3) is 0 Å². The summed E-state index contributed by atoms with van der Waals surface area (Å²) in [6.45, 7) is 1.98. The quantitative estimate of drug-likeness (QED) is 0.686. The molecule has 0 bridgehead atoms. The molecule has 0 fully saturated rings. The molecule has 1 N–H and O–H groups in total. The van der Waals surface area contributed by atoms with Gasteiger partial charge in [-0.3, -0.25) is 4.57 Å². The second kappa shape index (κ2) is 4.58. The second-order valence-corrected chi connectivity index (χ2v) is 4.89. The summed E-state index contributed by atoms with van der Waals surface area (Å²) in [5, 5.41) is 9.19. The summed E-state index contributed by atoms with van der Waals surface area (Å²) < 4.78 is 15.5. The van der Waals surface area contributed by atoms with Crippen LogP contribution in [0, 0.1) is 28.8 Å². The van der Waals surface area contributed by atoms with E-state index in [9.17, 15) is 9.65 Å². The van der Waals surface area contributed by atoms with E-state index in [1.165, 1.54) is 12.1 Å². The lowest BCUT2D eigenvalue weighted by molar-refractivity contribution is 0.627. The molecule has 0 aliphatic carbocycles. The molecule has 20 heavy (non-hydrogen) atoms. The predicted molar refractivity (Wildman–Crippen MR) is 77.9 cm³/mol. The lowest BCUT2D eigenvalue weighted by Crippen LogP contribution is -1.98. The highest BCUT2D eigenvalue weighted by atomic mass is 32.1. The highest BCUT2D eigenvalue weighted by molar-refractivity contribution is 7.71. The number of hydrogen-bond acceptors (Lipinski definition) is 2. The maximum atomic E-state index is 13.3. The first kappa shape index (κ1) is 12.6. The fraction of sp³-hybridized carbons (Fsp3) is 0.0667. The van der Waals surface area contributed by atoms with E-state index in [2.05, 4.69) is 4.98 Å². The molecule has 5 heteroatoms. The zero-order valence-corrected chi connectivity index (χ0v) is 11.5. The fourth-order valence-electron chi connectivity index (χ4n) is 2.31. The third kappa shape index (κ3) is 1.82. The van der Waals surface area contributed by atoms with Crippen LogP contribution in [0.3, 0.4) is 0 Å². The first-order valence-corrected chi connectivity index (χ1v) is 6.43. The number of nitrogens with one attached hydrogen (secondary N) is 1. The SMILES string of the molecule is Cc1cccc2c1[nH]c(=S)n2-c1ccc(F)cc1C#N. The van der Waals surface area contributed by atoms with Crippen molar-refractivity contribution in [3.63, 3.8) is 0 Å². The lowest BCUT2D eigenvalue weighted by atomic mass is 10.1. The number of fused-ring (bicyclic) bond motifs is 1. The summed E-state index contributed by atoms with van der Waals surface area (Å²) in [6, 6.07) is 11.9. The van der Waals surface area contributed by atoms with Gasteiger partial charge in [-0.15, -0.1) is 0 Å². The Labute approximate surface area is 119 Å². The Bertz CT molecular complexity index is 915. The van der Waals surface area contributed by atoms with Crippen molar-refractivity contribution in [3.8, 4) is 11.8 Å². The van der Waals surface area contributed by atoms with Crippen LogP contribution < -0.4 is 0 Å². The minimum absolute atomic E-state index is 0.253. The van der Waals surface area contributed by atoms with Crippen LogP contribution in [0.1, 0.15) is 11.1 Å². The average Bonchev–Trinajstić information content (AvgIpc) is 2.77. The van der Waals surface area contributed by atoms with Crippen molar-refractivity contribution < 1.29 is 4.39 Å². The van der Waals surface area contributed by atoms with Crippen molar-refractivity contribution >= 4 is 23.3 Å². The summed E-state index contributed by atoms with van der Waals surface area (Å²) in [4.78, 5) is 3.13. The Morgan fingerprint density at radius 1 is 1.30 bits per heavy atom. The van der Waals surface area contributed by atoms with E-state index in [4.69, 9.17) is 12.2 Å². The molecule has 3 aromatic rings. The molecule has 1 heterocycles. The predicted octanol–water partition coefficient (Wildman–Crippen LogP) is 4.01. The van der Waals surface area contributed by atoms with Gasteiger partial charge in [0.05, 0.1) is 22.3 Å². The Hall–Kier alpha value is -2.45. The summed E-state index contributed by atoms with van der Waals surface area (Å²) in [5.41, 5.74) is 3.69. The topological polar surface area (TPSA) is 44.5 Å². The molecule has 98 valence electrons. The van der Waals surface area contributed by atoms with Crippen LogP contribution in [0.15, 0.2) is 36.4 Å². The standard InChI is InChI=1S/C15H10FN3S/c1-9-3-2-4-13-14(9)18-15(20)19(13)12-6-5-11(16)7-10(12)8-17/h2-7H,1H3,(H,18,20). The smallest absolute Gasteiger partial charge is 0.182 e. The molecule has 0 saturated heterocycles. The number of nitriles is 1. The largest absolute Gasteiger partial charge is 0.330 e. The van der Waals surface area contributed by atoms with Crippen molar-refractivity contribution in [1.82, 2.24) is 9.55 Å². The molecule has 0 radical (unpaired) electrons. The van der Waals surface area contributed by atoms with Crippen LogP contribution in [-0.2, 0) is 0 Å². The zero-order chi connectivity index (χ0) is 14.3. The Morgan fingerprint density at radius 2 is 2.10 bits per heavy atom. The van der Waals surface area contributed by atoms with Crippen LogP contribution >= 0.6 is 12.2 Å². The number of aromatic nitrogens is 2. The van der Waals surface area contributed by atoms with Gasteiger partial charge in [-0.2, -0.15) is 5.26 Å². The maximum absolute atomic E-state index is 13.3. The molecule has 0 amide bonds. The number of H-pyrrole nitrogens is 1. The number of rotatable bonds is 1. The summed E-state index contributed by atoms with van der Waals surface area (Å²) in [5.74, 6) is -0.437. The molecule has 3 rings (SSSR count). The monoisotopic (exact) mass is 283 g/mol. The van der Waals surface area contributed by atoms with Gasteiger partial charge in [-0.25, -0.2) is 4.39 Å². The van der Waals surface area contributed by atoms with Crippen LogP contribution in [-0.4, -0.2) is 9.55 Å². The molecule has 0 saturated carbocycles. The van der Waals surface area contributed by atoms with Crippen LogP contribution in [0.2, 0.25) is 0 Å². The van der Waals surface area contributed by atoms with Gasteiger partial charge in [0.2, 0.25) is 0 Å². The highest BCUT2D eigenvalue weighted by Gasteiger charge is 2.12. The maximum Gasteiger partial charge on any atom is 0.182 e. The summed E-state index contributed by atoms with van der Waals surface area (Å²) >= 11 is 5.34. The zero-order valence-electron chi connectivity index (χ0n) is 10.6. The number of nitrogens with zero attached hydrogens (tertiary/aromatic N) is 2. The van der Waals surface area contributed by atoms with Crippen LogP contribution in [0.5, 0.6) is 0 Å². The number of aryl methyl sites for hydroxylation is 1. The summed E-state index contributed by atoms with van der Waals surface area (Å²) in [7, 11) is 0.